The van der Waals surface area contributed by atoms with Gasteiger partial charge in [-0.05, 0) is 6.92 Å². The zero-order valence-electron chi connectivity index (χ0n) is 10.4. The highest BCUT2D eigenvalue weighted by molar-refractivity contribution is 6.18. The van der Waals surface area contributed by atoms with Crippen LogP contribution < -0.4 is 10.6 Å². The predicted molar refractivity (Wildman–Crippen MR) is 74.8 cm³/mol. The van der Waals surface area contributed by atoms with Crippen molar-refractivity contribution in [3.05, 3.63) is 23.0 Å². The molecule has 1 rings (SSSR count). The van der Waals surface area contributed by atoms with Crippen LogP contribution >= 0.6 is 24.0 Å². The number of urea groups is 1. The monoisotopic (exact) mass is 309 g/mol. The van der Waals surface area contributed by atoms with E-state index in [1.807, 2.05) is 0 Å². The molecule has 0 fully saturated rings. The number of amides is 2. The van der Waals surface area contributed by atoms with Crippen LogP contribution in [0.4, 0.5) is 4.79 Å². The molecule has 0 saturated heterocycles. The number of aromatic nitrogens is 1. The van der Waals surface area contributed by atoms with Crippen molar-refractivity contribution in [3.8, 4) is 5.75 Å². The maximum Gasteiger partial charge on any atom is 0.315 e. The van der Waals surface area contributed by atoms with Gasteiger partial charge in [-0.2, -0.15) is 0 Å². The second-order valence-electron chi connectivity index (χ2n) is 3.65. The Labute approximate surface area is 122 Å². The van der Waals surface area contributed by atoms with Gasteiger partial charge in [-0.3, -0.25) is 4.98 Å². The Balaban J connectivity index is 0.00000324. The SMILES string of the molecule is Cc1ncc(CO)c(CNC(=O)NCCCl)c1O.Cl. The molecule has 0 aliphatic carbocycles. The van der Waals surface area contributed by atoms with Crippen LogP contribution in [0.5, 0.6) is 5.75 Å². The van der Waals surface area contributed by atoms with Crippen molar-refractivity contribution in [2.45, 2.75) is 20.1 Å². The molecule has 0 saturated carbocycles. The van der Waals surface area contributed by atoms with Gasteiger partial charge < -0.3 is 20.8 Å². The molecule has 0 aromatic carbocycles. The Kier molecular flexibility index (Phi) is 8.22. The van der Waals surface area contributed by atoms with Gasteiger partial charge in [0.1, 0.15) is 5.75 Å². The van der Waals surface area contributed by atoms with Gasteiger partial charge in [-0.25, -0.2) is 4.79 Å². The quantitative estimate of drug-likeness (QED) is 0.611. The first-order valence-corrected chi connectivity index (χ1v) is 5.98. The second-order valence-corrected chi connectivity index (χ2v) is 4.03. The number of hydrogen-bond donors (Lipinski definition) is 4. The van der Waals surface area contributed by atoms with Crippen molar-refractivity contribution < 1.29 is 15.0 Å². The molecular formula is C11H17Cl2N3O3. The molecule has 0 spiro atoms. The number of halogens is 2. The summed E-state index contributed by atoms with van der Waals surface area (Å²) in [6.45, 7) is 1.87. The van der Waals surface area contributed by atoms with Crippen LogP contribution in [-0.4, -0.2) is 33.7 Å². The van der Waals surface area contributed by atoms with Crippen LogP contribution in [0.1, 0.15) is 16.8 Å². The molecule has 1 heterocycles. The fourth-order valence-electron chi connectivity index (χ4n) is 1.41. The summed E-state index contributed by atoms with van der Waals surface area (Å²) in [4.78, 5) is 15.3. The van der Waals surface area contributed by atoms with Gasteiger partial charge >= 0.3 is 6.03 Å². The number of nitrogens with one attached hydrogen (secondary N) is 2. The van der Waals surface area contributed by atoms with Crippen LogP contribution in [0.15, 0.2) is 6.20 Å². The second kappa shape index (κ2) is 8.79. The van der Waals surface area contributed by atoms with Gasteiger partial charge in [0.05, 0.1) is 12.3 Å². The largest absolute Gasteiger partial charge is 0.506 e. The molecule has 1 aromatic rings. The molecule has 6 nitrogen and oxygen atoms in total. The molecule has 1 aromatic heterocycles. The third-order valence-electron chi connectivity index (χ3n) is 2.41. The molecule has 4 N–H and O–H groups in total. The normalized spacial score (nSPS) is 9.63. The molecule has 108 valence electrons. The number of nitrogens with zero attached hydrogens (tertiary/aromatic N) is 1. The van der Waals surface area contributed by atoms with E-state index in [0.717, 1.165) is 0 Å². The summed E-state index contributed by atoms with van der Waals surface area (Å²) in [5, 5.41) is 24.1. The lowest BCUT2D eigenvalue weighted by Crippen LogP contribution is -2.36. The number of aryl methyl sites for hydroxylation is 1. The predicted octanol–water partition coefficient (Wildman–Crippen LogP) is 1.05. The van der Waals surface area contributed by atoms with Crippen LogP contribution in [0.3, 0.4) is 0 Å². The lowest BCUT2D eigenvalue weighted by Gasteiger charge is -2.12. The molecule has 0 aliphatic rings. The van der Waals surface area contributed by atoms with E-state index in [4.69, 9.17) is 16.7 Å². The Bertz CT molecular complexity index is 430. The maximum atomic E-state index is 11.3. The number of aromatic hydroxyl groups is 1. The smallest absolute Gasteiger partial charge is 0.315 e. The standard InChI is InChI=1S/C11H16ClN3O3.ClH/c1-7-10(17)9(8(6-16)4-14-7)5-15-11(18)13-3-2-12;/h4,16-17H,2-3,5-6H2,1H3,(H2,13,15,18);1H. The first kappa shape index (κ1) is 17.8. The van der Waals surface area contributed by atoms with E-state index >= 15 is 0 Å². The average Bonchev–Trinajstić information content (AvgIpc) is 2.38. The summed E-state index contributed by atoms with van der Waals surface area (Å²) in [6, 6.07) is -0.381. The topological polar surface area (TPSA) is 94.5 Å². The number of aliphatic hydroxyl groups is 1. The minimum Gasteiger partial charge on any atom is -0.506 e. The van der Waals surface area contributed by atoms with Crippen molar-refractivity contribution in [2.24, 2.45) is 0 Å². The highest BCUT2D eigenvalue weighted by Gasteiger charge is 2.12. The molecule has 8 heteroatoms. The van der Waals surface area contributed by atoms with E-state index in [9.17, 15) is 9.90 Å². The number of carbonyl (C=O) groups excluding carboxylic acids is 1. The number of hydrogen-bond acceptors (Lipinski definition) is 4. The number of alkyl halides is 1. The van der Waals surface area contributed by atoms with Crippen LogP contribution in [-0.2, 0) is 13.2 Å². The number of pyridine rings is 1. The average molecular weight is 310 g/mol. The van der Waals surface area contributed by atoms with Gasteiger partial charge in [0, 0.05) is 36.3 Å². The minimum atomic E-state index is -0.381. The Morgan fingerprint density at radius 1 is 1.47 bits per heavy atom. The summed E-state index contributed by atoms with van der Waals surface area (Å²) in [5.74, 6) is 0.314. The molecule has 0 bridgehead atoms. The highest BCUT2D eigenvalue weighted by atomic mass is 35.5. The summed E-state index contributed by atoms with van der Waals surface area (Å²) in [5.41, 5.74) is 1.40. The number of rotatable bonds is 5. The first-order chi connectivity index (χ1) is 8.60. The van der Waals surface area contributed by atoms with E-state index in [-0.39, 0.29) is 37.3 Å². The van der Waals surface area contributed by atoms with Crippen LogP contribution in [0, 0.1) is 6.92 Å². The van der Waals surface area contributed by atoms with Crippen LogP contribution in [0.2, 0.25) is 0 Å². The highest BCUT2D eigenvalue weighted by Crippen LogP contribution is 2.23. The molecule has 2 amide bonds. The number of aliphatic hydroxyl groups excluding tert-OH is 1. The van der Waals surface area contributed by atoms with Gasteiger partial charge in [-0.1, -0.05) is 0 Å². The molecule has 0 radical (unpaired) electrons. The van der Waals surface area contributed by atoms with Gasteiger partial charge in [-0.15, -0.1) is 24.0 Å². The fourth-order valence-corrected chi connectivity index (χ4v) is 1.50. The number of carbonyl (C=O) groups is 1. The summed E-state index contributed by atoms with van der Waals surface area (Å²) in [7, 11) is 0. The zero-order chi connectivity index (χ0) is 13.5. The van der Waals surface area contributed by atoms with Gasteiger partial charge in [0.25, 0.3) is 0 Å². The molecular weight excluding hydrogens is 293 g/mol. The lowest BCUT2D eigenvalue weighted by atomic mass is 10.1. The van der Waals surface area contributed by atoms with E-state index in [1.54, 1.807) is 6.92 Å². The van der Waals surface area contributed by atoms with Crippen molar-refractivity contribution in [2.75, 3.05) is 12.4 Å². The minimum absolute atomic E-state index is 0. The van der Waals surface area contributed by atoms with E-state index in [0.29, 0.717) is 29.2 Å². The van der Waals surface area contributed by atoms with E-state index < -0.39 is 0 Å². The van der Waals surface area contributed by atoms with Crippen molar-refractivity contribution in [1.29, 1.82) is 0 Å². The summed E-state index contributed by atoms with van der Waals surface area (Å²) >= 11 is 5.43. The third kappa shape index (κ3) is 5.10. The van der Waals surface area contributed by atoms with Crippen LogP contribution in [0.25, 0.3) is 0 Å². The fraction of sp³-hybridized carbons (Fsp3) is 0.455. The molecule has 0 aliphatic heterocycles. The van der Waals surface area contributed by atoms with Crippen molar-refractivity contribution in [3.63, 3.8) is 0 Å². The Morgan fingerprint density at radius 2 is 2.16 bits per heavy atom. The lowest BCUT2D eigenvalue weighted by molar-refractivity contribution is 0.240. The summed E-state index contributed by atoms with van der Waals surface area (Å²) < 4.78 is 0. The summed E-state index contributed by atoms with van der Waals surface area (Å²) in [6.07, 6.45) is 1.47. The first-order valence-electron chi connectivity index (χ1n) is 5.45. The molecule has 19 heavy (non-hydrogen) atoms. The Morgan fingerprint density at radius 3 is 2.74 bits per heavy atom. The Hall–Kier alpha value is -1.24. The van der Waals surface area contributed by atoms with Crippen molar-refractivity contribution in [1.82, 2.24) is 15.6 Å². The molecule has 0 atom stereocenters. The maximum absolute atomic E-state index is 11.3. The van der Waals surface area contributed by atoms with Gasteiger partial charge in [0.15, 0.2) is 0 Å². The van der Waals surface area contributed by atoms with Gasteiger partial charge in [0.2, 0.25) is 0 Å². The third-order valence-corrected chi connectivity index (χ3v) is 2.60. The van der Waals surface area contributed by atoms with E-state index in [1.165, 1.54) is 6.20 Å². The van der Waals surface area contributed by atoms with Crippen molar-refractivity contribution >= 4 is 30.0 Å². The van der Waals surface area contributed by atoms with E-state index in [2.05, 4.69) is 15.6 Å². The zero-order valence-corrected chi connectivity index (χ0v) is 12.0. The molecule has 0 unspecified atom stereocenters.